The summed E-state index contributed by atoms with van der Waals surface area (Å²) in [5.41, 5.74) is 1.22. The first kappa shape index (κ1) is 16.1. The molecule has 118 valence electrons. The van der Waals surface area contributed by atoms with E-state index in [4.69, 9.17) is 9.47 Å². The number of nitrogens with one attached hydrogen (secondary N) is 1. The summed E-state index contributed by atoms with van der Waals surface area (Å²) >= 11 is 0. The molecule has 1 aromatic carbocycles. The number of benzene rings is 1. The lowest BCUT2D eigenvalue weighted by molar-refractivity contribution is -0.116. The van der Waals surface area contributed by atoms with E-state index < -0.39 is 0 Å². The lowest BCUT2D eigenvalue weighted by atomic mass is 10.1. The molecule has 0 atom stereocenters. The molecular weight excluding hydrogens is 278 g/mol. The number of allylic oxidation sites excluding steroid dienone is 3. The first-order valence-electron chi connectivity index (χ1n) is 7.64. The first-order valence-corrected chi connectivity index (χ1v) is 7.64. The van der Waals surface area contributed by atoms with Crippen LogP contribution in [-0.2, 0) is 11.2 Å². The van der Waals surface area contributed by atoms with Crippen molar-refractivity contribution in [2.24, 2.45) is 5.92 Å². The highest BCUT2D eigenvalue weighted by Gasteiger charge is 2.12. The Bertz CT molecular complexity index is 561. The molecule has 2 rings (SSSR count). The Morgan fingerprint density at radius 1 is 1.27 bits per heavy atom. The van der Waals surface area contributed by atoms with Crippen LogP contribution in [0.3, 0.4) is 0 Å². The van der Waals surface area contributed by atoms with Gasteiger partial charge in [-0.1, -0.05) is 38.1 Å². The number of amides is 1. The second kappa shape index (κ2) is 8.27. The molecular formula is C18H23NO3. The number of ether oxygens (including phenoxy) is 2. The molecule has 0 spiro atoms. The molecule has 0 aromatic heterocycles. The zero-order valence-electron chi connectivity index (χ0n) is 13.2. The van der Waals surface area contributed by atoms with Crippen molar-refractivity contribution in [1.82, 2.24) is 5.32 Å². The molecule has 4 nitrogen and oxygen atoms in total. The van der Waals surface area contributed by atoms with E-state index in [9.17, 15) is 4.79 Å². The van der Waals surface area contributed by atoms with Crippen LogP contribution >= 0.6 is 0 Å². The van der Waals surface area contributed by atoms with Crippen LogP contribution in [-0.4, -0.2) is 19.2 Å². The van der Waals surface area contributed by atoms with E-state index in [1.165, 1.54) is 5.56 Å². The Morgan fingerprint density at radius 3 is 2.91 bits per heavy atom. The highest BCUT2D eigenvalue weighted by molar-refractivity contribution is 5.87. The van der Waals surface area contributed by atoms with Crippen molar-refractivity contribution >= 4 is 5.91 Å². The molecule has 1 aliphatic rings. The summed E-state index contributed by atoms with van der Waals surface area (Å²) in [4.78, 5) is 11.5. The minimum absolute atomic E-state index is 0.0471. The van der Waals surface area contributed by atoms with Crippen LogP contribution in [0.4, 0.5) is 0 Å². The molecule has 0 fully saturated rings. The Labute approximate surface area is 131 Å². The van der Waals surface area contributed by atoms with Crippen molar-refractivity contribution in [2.75, 3.05) is 13.3 Å². The lowest BCUT2D eigenvalue weighted by Crippen LogP contribution is -2.25. The zero-order chi connectivity index (χ0) is 15.8. The third-order valence-electron chi connectivity index (χ3n) is 3.22. The summed E-state index contributed by atoms with van der Waals surface area (Å²) in [6, 6.07) is 6.02. The van der Waals surface area contributed by atoms with Crippen LogP contribution in [0.2, 0.25) is 0 Å². The zero-order valence-corrected chi connectivity index (χ0v) is 13.2. The number of hydrogen-bond donors (Lipinski definition) is 1. The SMILES string of the molecule is CC(C)CNC(=O)C=CC=CCCc1ccc2c(c1)OCO2. The highest BCUT2D eigenvalue weighted by Crippen LogP contribution is 2.32. The Hall–Kier alpha value is -2.23. The van der Waals surface area contributed by atoms with Gasteiger partial charge >= 0.3 is 0 Å². The third kappa shape index (κ3) is 5.28. The average molecular weight is 301 g/mol. The van der Waals surface area contributed by atoms with Gasteiger partial charge in [0.1, 0.15) is 0 Å². The van der Waals surface area contributed by atoms with E-state index in [0.717, 1.165) is 24.3 Å². The van der Waals surface area contributed by atoms with Crippen molar-refractivity contribution in [3.05, 3.63) is 48.1 Å². The van der Waals surface area contributed by atoms with Crippen molar-refractivity contribution in [2.45, 2.75) is 26.7 Å². The predicted molar refractivity (Wildman–Crippen MR) is 87.0 cm³/mol. The van der Waals surface area contributed by atoms with Crippen molar-refractivity contribution in [3.8, 4) is 11.5 Å². The summed E-state index contributed by atoms with van der Waals surface area (Å²) in [5.74, 6) is 2.06. The van der Waals surface area contributed by atoms with E-state index in [2.05, 4.69) is 31.3 Å². The number of aryl methyl sites for hydroxylation is 1. The first-order chi connectivity index (χ1) is 10.6. The van der Waals surface area contributed by atoms with E-state index in [1.54, 1.807) is 12.2 Å². The number of rotatable bonds is 7. The van der Waals surface area contributed by atoms with E-state index in [0.29, 0.717) is 19.3 Å². The molecule has 0 unspecified atom stereocenters. The van der Waals surface area contributed by atoms with Crippen LogP contribution in [0.15, 0.2) is 42.5 Å². The van der Waals surface area contributed by atoms with E-state index in [1.807, 2.05) is 18.2 Å². The van der Waals surface area contributed by atoms with E-state index >= 15 is 0 Å². The number of carbonyl (C=O) groups excluding carboxylic acids is 1. The van der Waals surface area contributed by atoms with Gasteiger partial charge in [0.15, 0.2) is 11.5 Å². The molecule has 1 aromatic rings. The fraction of sp³-hybridized carbons (Fsp3) is 0.389. The largest absolute Gasteiger partial charge is 0.454 e. The second-order valence-corrected chi connectivity index (χ2v) is 5.65. The molecule has 22 heavy (non-hydrogen) atoms. The van der Waals surface area contributed by atoms with Gasteiger partial charge in [-0.05, 0) is 36.5 Å². The quantitative estimate of drug-likeness (QED) is 0.621. The summed E-state index contributed by atoms with van der Waals surface area (Å²) in [5, 5.41) is 2.84. The Morgan fingerprint density at radius 2 is 2.09 bits per heavy atom. The highest BCUT2D eigenvalue weighted by atomic mass is 16.7. The van der Waals surface area contributed by atoms with Gasteiger partial charge in [0.25, 0.3) is 0 Å². The Kier molecular flexibility index (Phi) is 6.07. The van der Waals surface area contributed by atoms with Gasteiger partial charge in [0.05, 0.1) is 0 Å². The van der Waals surface area contributed by atoms with Crippen molar-refractivity contribution in [3.63, 3.8) is 0 Å². The number of fused-ring (bicyclic) bond motifs is 1. The average Bonchev–Trinajstić information content (AvgIpc) is 2.96. The van der Waals surface area contributed by atoms with E-state index in [-0.39, 0.29) is 5.91 Å². The van der Waals surface area contributed by atoms with Crippen molar-refractivity contribution < 1.29 is 14.3 Å². The van der Waals surface area contributed by atoms with Crippen LogP contribution in [0.1, 0.15) is 25.8 Å². The lowest BCUT2D eigenvalue weighted by Gasteiger charge is -2.03. The molecule has 1 aliphatic heterocycles. The number of carbonyl (C=O) groups is 1. The summed E-state index contributed by atoms with van der Waals surface area (Å²) in [7, 11) is 0. The maximum Gasteiger partial charge on any atom is 0.243 e. The maximum absolute atomic E-state index is 11.5. The van der Waals surface area contributed by atoms with Crippen molar-refractivity contribution in [1.29, 1.82) is 0 Å². The second-order valence-electron chi connectivity index (χ2n) is 5.65. The molecule has 1 amide bonds. The normalized spacial score (nSPS) is 13.4. The predicted octanol–water partition coefficient (Wildman–Crippen LogP) is 3.23. The van der Waals surface area contributed by atoms with Crippen LogP contribution in [0.5, 0.6) is 11.5 Å². The van der Waals surface area contributed by atoms with Crippen LogP contribution < -0.4 is 14.8 Å². The molecule has 0 bridgehead atoms. The minimum atomic E-state index is -0.0471. The van der Waals surface area contributed by atoms with Gasteiger partial charge in [-0.2, -0.15) is 0 Å². The van der Waals surface area contributed by atoms with Crippen LogP contribution in [0.25, 0.3) is 0 Å². The van der Waals surface area contributed by atoms with Gasteiger partial charge < -0.3 is 14.8 Å². The number of hydrogen-bond acceptors (Lipinski definition) is 3. The topological polar surface area (TPSA) is 47.6 Å². The third-order valence-corrected chi connectivity index (χ3v) is 3.22. The molecule has 0 saturated carbocycles. The molecule has 1 N–H and O–H groups in total. The standard InChI is InChI=1S/C18H23NO3/c1-14(2)12-19-18(20)8-6-4-3-5-7-15-9-10-16-17(11-15)22-13-21-16/h3-4,6,8-11,14H,5,7,12-13H2,1-2H3,(H,19,20). The molecule has 0 aliphatic carbocycles. The molecule has 4 heteroatoms. The van der Waals surface area contributed by atoms with Gasteiger partial charge in [-0.15, -0.1) is 0 Å². The molecule has 1 heterocycles. The summed E-state index contributed by atoms with van der Waals surface area (Å²) < 4.78 is 10.6. The van der Waals surface area contributed by atoms with Gasteiger partial charge in [0, 0.05) is 12.6 Å². The summed E-state index contributed by atoms with van der Waals surface area (Å²) in [6.07, 6.45) is 9.13. The molecule has 0 saturated heterocycles. The fourth-order valence-electron chi connectivity index (χ4n) is 2.03. The van der Waals surface area contributed by atoms with Gasteiger partial charge in [-0.25, -0.2) is 0 Å². The minimum Gasteiger partial charge on any atom is -0.454 e. The van der Waals surface area contributed by atoms with Gasteiger partial charge in [-0.3, -0.25) is 4.79 Å². The van der Waals surface area contributed by atoms with Gasteiger partial charge in [0.2, 0.25) is 12.7 Å². The summed E-state index contributed by atoms with van der Waals surface area (Å²) in [6.45, 7) is 5.15. The molecule has 0 radical (unpaired) electrons. The Balaban J connectivity index is 1.68. The maximum atomic E-state index is 11.5. The smallest absolute Gasteiger partial charge is 0.243 e. The fourth-order valence-corrected chi connectivity index (χ4v) is 2.03. The van der Waals surface area contributed by atoms with Crippen LogP contribution in [0, 0.1) is 5.92 Å². The monoisotopic (exact) mass is 301 g/mol.